The summed E-state index contributed by atoms with van der Waals surface area (Å²) in [5.74, 6) is 0.607. The molecule has 1 fully saturated rings. The van der Waals surface area contributed by atoms with Crippen LogP contribution in [0.2, 0.25) is 0 Å². The third kappa shape index (κ3) is 3.48. The van der Waals surface area contributed by atoms with Gasteiger partial charge in [0.25, 0.3) is 0 Å². The van der Waals surface area contributed by atoms with Crippen LogP contribution in [0.4, 0.5) is 0 Å². The van der Waals surface area contributed by atoms with E-state index in [1.54, 1.807) is 0 Å². The van der Waals surface area contributed by atoms with Crippen LogP contribution in [-0.2, 0) is 4.79 Å². The minimum Gasteiger partial charge on any atom is -0.352 e. The van der Waals surface area contributed by atoms with Crippen molar-refractivity contribution in [3.63, 3.8) is 0 Å². The van der Waals surface area contributed by atoms with E-state index in [1.807, 2.05) is 0 Å². The molecular formula is C13H26N2O. The average molecular weight is 226 g/mol. The highest BCUT2D eigenvalue weighted by atomic mass is 16.2. The number of rotatable bonds is 2. The Morgan fingerprint density at radius 3 is 2.56 bits per heavy atom. The molecule has 0 aromatic rings. The Hall–Kier alpha value is -0.570. The van der Waals surface area contributed by atoms with Gasteiger partial charge in [-0.15, -0.1) is 0 Å². The van der Waals surface area contributed by atoms with Gasteiger partial charge in [0.05, 0.1) is 6.04 Å². The van der Waals surface area contributed by atoms with Crippen LogP contribution in [0.5, 0.6) is 0 Å². The highest BCUT2D eigenvalue weighted by molar-refractivity contribution is 5.82. The SMILES string of the molecule is CC1CCCNC1C(=O)NC(C)C(C)(C)C. The minimum atomic E-state index is -0.00134. The van der Waals surface area contributed by atoms with Crippen molar-refractivity contribution in [2.75, 3.05) is 6.54 Å². The molecule has 1 saturated heterocycles. The van der Waals surface area contributed by atoms with E-state index in [4.69, 9.17) is 0 Å². The number of piperidine rings is 1. The maximum atomic E-state index is 12.1. The Bertz CT molecular complexity index is 245. The molecule has 16 heavy (non-hydrogen) atoms. The van der Waals surface area contributed by atoms with Crippen LogP contribution in [0, 0.1) is 11.3 Å². The van der Waals surface area contributed by atoms with E-state index >= 15 is 0 Å². The topological polar surface area (TPSA) is 41.1 Å². The Kier molecular flexibility index (Phi) is 4.36. The molecule has 2 N–H and O–H groups in total. The van der Waals surface area contributed by atoms with Gasteiger partial charge in [-0.05, 0) is 37.6 Å². The molecule has 3 nitrogen and oxygen atoms in total. The lowest BCUT2D eigenvalue weighted by molar-refractivity contribution is -0.126. The Morgan fingerprint density at radius 1 is 1.44 bits per heavy atom. The zero-order chi connectivity index (χ0) is 12.3. The maximum absolute atomic E-state index is 12.1. The first-order chi connectivity index (χ1) is 7.32. The number of nitrogens with one attached hydrogen (secondary N) is 2. The number of carbonyl (C=O) groups is 1. The highest BCUT2D eigenvalue weighted by Gasteiger charge is 2.30. The van der Waals surface area contributed by atoms with Crippen LogP contribution in [0.1, 0.15) is 47.5 Å². The van der Waals surface area contributed by atoms with Crippen molar-refractivity contribution in [2.45, 2.75) is 59.5 Å². The Balaban J connectivity index is 2.51. The minimum absolute atomic E-state index is 0.00134. The molecule has 0 aromatic carbocycles. The van der Waals surface area contributed by atoms with Gasteiger partial charge < -0.3 is 10.6 Å². The molecule has 0 aliphatic carbocycles. The van der Waals surface area contributed by atoms with Crippen LogP contribution >= 0.6 is 0 Å². The summed E-state index contributed by atoms with van der Waals surface area (Å²) in [4.78, 5) is 12.1. The van der Waals surface area contributed by atoms with E-state index in [0.29, 0.717) is 5.92 Å². The molecule has 1 heterocycles. The predicted octanol–water partition coefficient (Wildman–Crippen LogP) is 1.93. The first-order valence-corrected chi connectivity index (χ1v) is 6.36. The second-order valence-corrected chi connectivity index (χ2v) is 6.15. The summed E-state index contributed by atoms with van der Waals surface area (Å²) in [5.41, 5.74) is 0.119. The van der Waals surface area contributed by atoms with Crippen LogP contribution in [0.15, 0.2) is 0 Å². The van der Waals surface area contributed by atoms with Crippen molar-refractivity contribution < 1.29 is 4.79 Å². The molecule has 94 valence electrons. The summed E-state index contributed by atoms with van der Waals surface area (Å²) in [7, 11) is 0. The van der Waals surface area contributed by atoms with Gasteiger partial charge in [0.15, 0.2) is 0 Å². The van der Waals surface area contributed by atoms with Gasteiger partial charge in [-0.25, -0.2) is 0 Å². The van der Waals surface area contributed by atoms with Gasteiger partial charge in [0.1, 0.15) is 0 Å². The van der Waals surface area contributed by atoms with Crippen molar-refractivity contribution >= 4 is 5.91 Å². The monoisotopic (exact) mass is 226 g/mol. The second kappa shape index (κ2) is 5.17. The largest absolute Gasteiger partial charge is 0.352 e. The zero-order valence-corrected chi connectivity index (χ0v) is 11.3. The highest BCUT2D eigenvalue weighted by Crippen LogP contribution is 2.20. The normalized spacial score (nSPS) is 28.6. The summed E-state index contributed by atoms with van der Waals surface area (Å²) in [6.07, 6.45) is 2.33. The average Bonchev–Trinajstić information content (AvgIpc) is 2.16. The van der Waals surface area contributed by atoms with Gasteiger partial charge in [0, 0.05) is 6.04 Å². The summed E-state index contributed by atoms with van der Waals surface area (Å²) in [6.45, 7) is 11.6. The summed E-state index contributed by atoms with van der Waals surface area (Å²) in [6, 6.07) is 0.203. The lowest BCUT2D eigenvalue weighted by Crippen LogP contribution is -2.54. The van der Waals surface area contributed by atoms with E-state index < -0.39 is 0 Å². The molecule has 0 aromatic heterocycles. The van der Waals surface area contributed by atoms with Gasteiger partial charge in [0.2, 0.25) is 5.91 Å². The Morgan fingerprint density at radius 2 is 2.06 bits per heavy atom. The van der Waals surface area contributed by atoms with Gasteiger partial charge in [-0.1, -0.05) is 27.7 Å². The van der Waals surface area contributed by atoms with Crippen LogP contribution in [0.3, 0.4) is 0 Å². The zero-order valence-electron chi connectivity index (χ0n) is 11.3. The molecular weight excluding hydrogens is 200 g/mol. The fourth-order valence-electron chi connectivity index (χ4n) is 1.92. The van der Waals surface area contributed by atoms with E-state index in [2.05, 4.69) is 45.3 Å². The first-order valence-electron chi connectivity index (χ1n) is 6.36. The molecule has 3 atom stereocenters. The van der Waals surface area contributed by atoms with Crippen molar-refractivity contribution in [3.8, 4) is 0 Å². The number of amides is 1. The van der Waals surface area contributed by atoms with E-state index in [1.165, 1.54) is 6.42 Å². The fourth-order valence-corrected chi connectivity index (χ4v) is 1.92. The van der Waals surface area contributed by atoms with E-state index in [-0.39, 0.29) is 23.4 Å². The molecule has 3 unspecified atom stereocenters. The molecule has 1 aliphatic rings. The lowest BCUT2D eigenvalue weighted by Gasteiger charge is -2.33. The van der Waals surface area contributed by atoms with E-state index in [0.717, 1.165) is 13.0 Å². The molecule has 1 aliphatic heterocycles. The van der Waals surface area contributed by atoms with Gasteiger partial charge in [-0.2, -0.15) is 0 Å². The molecule has 3 heteroatoms. The van der Waals surface area contributed by atoms with Crippen molar-refractivity contribution in [1.29, 1.82) is 0 Å². The van der Waals surface area contributed by atoms with Crippen molar-refractivity contribution in [2.24, 2.45) is 11.3 Å². The molecule has 0 saturated carbocycles. The van der Waals surface area contributed by atoms with Crippen molar-refractivity contribution in [1.82, 2.24) is 10.6 Å². The second-order valence-electron chi connectivity index (χ2n) is 6.15. The van der Waals surface area contributed by atoms with Crippen LogP contribution in [0.25, 0.3) is 0 Å². The van der Waals surface area contributed by atoms with Gasteiger partial charge >= 0.3 is 0 Å². The number of hydrogen-bond acceptors (Lipinski definition) is 2. The maximum Gasteiger partial charge on any atom is 0.237 e. The number of hydrogen-bond donors (Lipinski definition) is 2. The first kappa shape index (κ1) is 13.5. The quantitative estimate of drug-likeness (QED) is 0.755. The smallest absolute Gasteiger partial charge is 0.237 e. The third-order valence-corrected chi connectivity index (χ3v) is 3.71. The molecule has 1 amide bonds. The lowest BCUT2D eigenvalue weighted by atomic mass is 9.87. The standard InChI is InChI=1S/C13H26N2O/c1-9-7-6-8-14-11(9)12(16)15-10(2)13(3,4)5/h9-11,14H,6-8H2,1-5H3,(H,15,16). The Labute approximate surface area is 99.4 Å². The molecule has 1 rings (SSSR count). The van der Waals surface area contributed by atoms with Crippen LogP contribution < -0.4 is 10.6 Å². The van der Waals surface area contributed by atoms with Crippen LogP contribution in [-0.4, -0.2) is 24.5 Å². The number of carbonyl (C=O) groups excluding carboxylic acids is 1. The fraction of sp³-hybridized carbons (Fsp3) is 0.923. The third-order valence-electron chi connectivity index (χ3n) is 3.71. The van der Waals surface area contributed by atoms with Gasteiger partial charge in [-0.3, -0.25) is 4.79 Å². The summed E-state index contributed by atoms with van der Waals surface area (Å²) in [5, 5.41) is 6.43. The van der Waals surface area contributed by atoms with E-state index in [9.17, 15) is 4.79 Å². The summed E-state index contributed by atoms with van der Waals surface area (Å²) < 4.78 is 0. The molecule has 0 spiro atoms. The summed E-state index contributed by atoms with van der Waals surface area (Å²) >= 11 is 0. The predicted molar refractivity (Wildman–Crippen MR) is 67.2 cm³/mol. The van der Waals surface area contributed by atoms with Crippen molar-refractivity contribution in [3.05, 3.63) is 0 Å². The molecule has 0 radical (unpaired) electrons. The molecule has 0 bridgehead atoms.